The second-order valence-corrected chi connectivity index (χ2v) is 6.05. The fourth-order valence-electron chi connectivity index (χ4n) is 2.99. The highest BCUT2D eigenvalue weighted by Crippen LogP contribution is 2.22. The molecule has 1 aliphatic rings. The minimum atomic E-state index is 0.816. The third-order valence-electron chi connectivity index (χ3n) is 4.21. The van der Waals surface area contributed by atoms with Crippen LogP contribution in [-0.4, -0.2) is 18.0 Å². The summed E-state index contributed by atoms with van der Waals surface area (Å²) in [6.45, 7) is 5.60. The summed E-state index contributed by atoms with van der Waals surface area (Å²) in [6, 6.07) is 14.9. The van der Waals surface area contributed by atoms with Gasteiger partial charge in [-0.1, -0.05) is 41.9 Å². The van der Waals surface area contributed by atoms with Gasteiger partial charge in [0.2, 0.25) is 0 Å². The van der Waals surface area contributed by atoms with Crippen LogP contribution in [0.15, 0.2) is 42.5 Å². The van der Waals surface area contributed by atoms with Gasteiger partial charge in [-0.25, -0.2) is 0 Å². The standard InChI is InChI=1S/C18H20ClN/c1-14-3-2-4-16-13-20(12-10-18(14)16)11-9-15-5-7-17(19)8-6-15/h2-8H,9-13H2,1H3. The Morgan fingerprint density at radius 2 is 1.90 bits per heavy atom. The van der Waals surface area contributed by atoms with Crippen molar-refractivity contribution in [1.29, 1.82) is 0 Å². The first-order valence-electron chi connectivity index (χ1n) is 7.26. The van der Waals surface area contributed by atoms with E-state index in [1.807, 2.05) is 12.1 Å². The summed E-state index contributed by atoms with van der Waals surface area (Å²) in [5.74, 6) is 0. The lowest BCUT2D eigenvalue weighted by atomic mass is 9.95. The fourth-order valence-corrected chi connectivity index (χ4v) is 3.11. The summed E-state index contributed by atoms with van der Waals surface area (Å²) in [5, 5.41) is 0.816. The molecule has 104 valence electrons. The van der Waals surface area contributed by atoms with Gasteiger partial charge in [0.25, 0.3) is 0 Å². The van der Waals surface area contributed by atoms with Gasteiger partial charge >= 0.3 is 0 Å². The molecule has 2 aromatic rings. The smallest absolute Gasteiger partial charge is 0.0406 e. The molecular weight excluding hydrogens is 266 g/mol. The molecule has 2 heteroatoms. The largest absolute Gasteiger partial charge is 0.298 e. The first-order chi connectivity index (χ1) is 9.72. The first kappa shape index (κ1) is 13.7. The number of hydrogen-bond donors (Lipinski definition) is 0. The van der Waals surface area contributed by atoms with E-state index in [1.54, 1.807) is 5.56 Å². The second kappa shape index (κ2) is 5.99. The van der Waals surface area contributed by atoms with Crippen molar-refractivity contribution in [3.63, 3.8) is 0 Å². The van der Waals surface area contributed by atoms with Crippen LogP contribution in [0.4, 0.5) is 0 Å². The van der Waals surface area contributed by atoms with Gasteiger partial charge in [0, 0.05) is 24.7 Å². The number of halogens is 1. The lowest BCUT2D eigenvalue weighted by Crippen LogP contribution is -2.32. The Kier molecular flexibility index (Phi) is 4.09. The van der Waals surface area contributed by atoms with E-state index in [-0.39, 0.29) is 0 Å². The van der Waals surface area contributed by atoms with Crippen molar-refractivity contribution in [2.24, 2.45) is 0 Å². The lowest BCUT2D eigenvalue weighted by Gasteiger charge is -2.29. The molecule has 0 atom stereocenters. The van der Waals surface area contributed by atoms with Gasteiger partial charge in [0.1, 0.15) is 0 Å². The van der Waals surface area contributed by atoms with E-state index in [9.17, 15) is 0 Å². The molecule has 1 heterocycles. The van der Waals surface area contributed by atoms with E-state index >= 15 is 0 Å². The molecule has 0 amide bonds. The highest BCUT2D eigenvalue weighted by Gasteiger charge is 2.16. The Bertz CT molecular complexity index is 589. The number of aryl methyl sites for hydroxylation is 1. The van der Waals surface area contributed by atoms with E-state index in [0.29, 0.717) is 0 Å². The maximum absolute atomic E-state index is 5.92. The molecule has 0 fully saturated rings. The SMILES string of the molecule is Cc1cccc2c1CCN(CCc1ccc(Cl)cc1)C2. The lowest BCUT2D eigenvalue weighted by molar-refractivity contribution is 0.257. The van der Waals surface area contributed by atoms with E-state index < -0.39 is 0 Å². The maximum Gasteiger partial charge on any atom is 0.0406 e. The summed E-state index contributed by atoms with van der Waals surface area (Å²) < 4.78 is 0. The molecule has 0 spiro atoms. The third kappa shape index (κ3) is 3.05. The monoisotopic (exact) mass is 285 g/mol. The van der Waals surface area contributed by atoms with Crippen molar-refractivity contribution >= 4 is 11.6 Å². The Balaban J connectivity index is 1.62. The number of rotatable bonds is 3. The van der Waals surface area contributed by atoms with Gasteiger partial charge in [0.05, 0.1) is 0 Å². The molecule has 0 aliphatic carbocycles. The van der Waals surface area contributed by atoms with E-state index in [2.05, 4.69) is 42.2 Å². The third-order valence-corrected chi connectivity index (χ3v) is 4.46. The number of benzene rings is 2. The number of fused-ring (bicyclic) bond motifs is 1. The normalized spacial score (nSPS) is 15.1. The van der Waals surface area contributed by atoms with Crippen LogP contribution in [0.25, 0.3) is 0 Å². The van der Waals surface area contributed by atoms with Gasteiger partial charge in [0.15, 0.2) is 0 Å². The molecule has 1 aliphatic heterocycles. The summed E-state index contributed by atoms with van der Waals surface area (Å²) in [4.78, 5) is 2.55. The topological polar surface area (TPSA) is 3.24 Å². The Morgan fingerprint density at radius 1 is 1.10 bits per heavy atom. The van der Waals surface area contributed by atoms with Crippen LogP contribution in [0.1, 0.15) is 22.3 Å². The van der Waals surface area contributed by atoms with Crippen LogP contribution >= 0.6 is 11.6 Å². The van der Waals surface area contributed by atoms with Crippen LogP contribution in [0.5, 0.6) is 0 Å². The van der Waals surface area contributed by atoms with E-state index in [0.717, 1.165) is 24.5 Å². The first-order valence-corrected chi connectivity index (χ1v) is 7.64. The van der Waals surface area contributed by atoms with Crippen molar-refractivity contribution in [3.05, 3.63) is 69.7 Å². The zero-order valence-corrected chi connectivity index (χ0v) is 12.7. The zero-order valence-electron chi connectivity index (χ0n) is 11.9. The molecule has 3 rings (SSSR count). The Morgan fingerprint density at radius 3 is 2.70 bits per heavy atom. The van der Waals surface area contributed by atoms with Crippen LogP contribution in [0.2, 0.25) is 5.02 Å². The predicted octanol–water partition coefficient (Wildman–Crippen LogP) is 4.25. The van der Waals surface area contributed by atoms with Gasteiger partial charge in [-0.05, 0) is 54.2 Å². The Hall–Kier alpha value is -1.31. The minimum Gasteiger partial charge on any atom is -0.298 e. The van der Waals surface area contributed by atoms with Gasteiger partial charge in [-0.15, -0.1) is 0 Å². The van der Waals surface area contributed by atoms with E-state index in [1.165, 1.54) is 29.7 Å². The summed E-state index contributed by atoms with van der Waals surface area (Å²) in [6.07, 6.45) is 2.28. The molecule has 0 bridgehead atoms. The van der Waals surface area contributed by atoms with Crippen LogP contribution in [0, 0.1) is 6.92 Å². The zero-order chi connectivity index (χ0) is 13.9. The molecule has 0 saturated heterocycles. The minimum absolute atomic E-state index is 0.816. The van der Waals surface area contributed by atoms with Crippen LogP contribution in [0.3, 0.4) is 0 Å². The van der Waals surface area contributed by atoms with Crippen molar-refractivity contribution in [2.45, 2.75) is 26.3 Å². The molecule has 0 unspecified atom stereocenters. The number of hydrogen-bond acceptors (Lipinski definition) is 1. The summed E-state index contributed by atoms with van der Waals surface area (Å²) in [5.41, 5.74) is 5.88. The van der Waals surface area contributed by atoms with E-state index in [4.69, 9.17) is 11.6 Å². The quantitative estimate of drug-likeness (QED) is 0.815. The molecule has 2 aromatic carbocycles. The average molecular weight is 286 g/mol. The van der Waals surface area contributed by atoms with Gasteiger partial charge < -0.3 is 0 Å². The molecule has 20 heavy (non-hydrogen) atoms. The molecule has 0 radical (unpaired) electrons. The average Bonchev–Trinajstić information content (AvgIpc) is 2.47. The molecule has 0 aromatic heterocycles. The fraction of sp³-hybridized carbons (Fsp3) is 0.333. The summed E-state index contributed by atoms with van der Waals surface area (Å²) >= 11 is 5.92. The molecule has 0 N–H and O–H groups in total. The molecule has 1 nitrogen and oxygen atoms in total. The Labute approximate surface area is 126 Å². The highest BCUT2D eigenvalue weighted by molar-refractivity contribution is 6.30. The number of nitrogens with zero attached hydrogens (tertiary/aromatic N) is 1. The maximum atomic E-state index is 5.92. The summed E-state index contributed by atoms with van der Waals surface area (Å²) in [7, 11) is 0. The van der Waals surface area contributed by atoms with Gasteiger partial charge in [-0.2, -0.15) is 0 Å². The van der Waals surface area contributed by atoms with Crippen molar-refractivity contribution in [3.8, 4) is 0 Å². The predicted molar refractivity (Wildman–Crippen MR) is 85.3 cm³/mol. The molecular formula is C18H20ClN. The highest BCUT2D eigenvalue weighted by atomic mass is 35.5. The van der Waals surface area contributed by atoms with Crippen molar-refractivity contribution in [1.82, 2.24) is 4.90 Å². The second-order valence-electron chi connectivity index (χ2n) is 5.62. The van der Waals surface area contributed by atoms with Gasteiger partial charge in [-0.3, -0.25) is 4.90 Å². The van der Waals surface area contributed by atoms with Crippen molar-refractivity contribution in [2.75, 3.05) is 13.1 Å². The van der Waals surface area contributed by atoms with Crippen LogP contribution in [-0.2, 0) is 19.4 Å². The molecule has 0 saturated carbocycles. The van der Waals surface area contributed by atoms with Crippen LogP contribution < -0.4 is 0 Å². The van der Waals surface area contributed by atoms with Crippen molar-refractivity contribution < 1.29 is 0 Å².